The molecule has 1 aromatic carbocycles. The van der Waals surface area contributed by atoms with E-state index in [4.69, 9.17) is 0 Å². The second-order valence-electron chi connectivity index (χ2n) is 5.19. The summed E-state index contributed by atoms with van der Waals surface area (Å²) in [6, 6.07) is 5.62. The number of fused-ring (bicyclic) bond motifs is 1. The molecule has 112 valence electrons. The summed E-state index contributed by atoms with van der Waals surface area (Å²) in [5.74, 6) is 0. The van der Waals surface area contributed by atoms with Crippen LogP contribution in [0.4, 0.5) is 13.2 Å². The molecule has 21 heavy (non-hydrogen) atoms. The van der Waals surface area contributed by atoms with Crippen molar-refractivity contribution in [2.75, 3.05) is 13.1 Å². The lowest BCUT2D eigenvalue weighted by Crippen LogP contribution is -2.30. The van der Waals surface area contributed by atoms with Crippen LogP contribution in [0.5, 0.6) is 0 Å². The van der Waals surface area contributed by atoms with Crippen molar-refractivity contribution in [2.45, 2.75) is 26.1 Å². The van der Waals surface area contributed by atoms with E-state index in [9.17, 15) is 13.2 Å². The van der Waals surface area contributed by atoms with Gasteiger partial charge in [-0.05, 0) is 12.6 Å². The van der Waals surface area contributed by atoms with Crippen LogP contribution in [0.1, 0.15) is 23.7 Å². The van der Waals surface area contributed by atoms with Gasteiger partial charge in [0.2, 0.25) is 0 Å². The molecule has 0 bridgehead atoms. The minimum absolute atomic E-state index is 0.153. The highest BCUT2D eigenvalue weighted by molar-refractivity contribution is 5.68. The largest absolute Gasteiger partial charge is 0.417 e. The number of benzene rings is 1. The third-order valence-electron chi connectivity index (χ3n) is 3.95. The first-order chi connectivity index (χ1) is 10.0. The van der Waals surface area contributed by atoms with E-state index >= 15 is 0 Å². The number of rotatable bonds is 2. The Labute approximate surface area is 120 Å². The smallest absolute Gasteiger partial charge is 0.299 e. The molecule has 0 radical (unpaired) electrons. The molecule has 0 fully saturated rings. The molecule has 0 atom stereocenters. The quantitative estimate of drug-likeness (QED) is 0.920. The maximum atomic E-state index is 13.2. The molecule has 0 aliphatic carbocycles. The Morgan fingerprint density at radius 2 is 2.05 bits per heavy atom. The molecule has 2 aromatic rings. The third-order valence-corrected chi connectivity index (χ3v) is 3.95. The number of halogens is 3. The zero-order valence-electron chi connectivity index (χ0n) is 11.7. The fraction of sp³-hybridized carbons (Fsp3) is 0.400. The zero-order chi connectivity index (χ0) is 15.0. The van der Waals surface area contributed by atoms with Gasteiger partial charge in [-0.3, -0.25) is 10.00 Å². The highest BCUT2D eigenvalue weighted by Gasteiger charge is 2.35. The number of likely N-dealkylation sites (N-methyl/N-ethyl adjacent to an activating group) is 1. The molecular formula is C15H16F3N3. The summed E-state index contributed by atoms with van der Waals surface area (Å²) in [7, 11) is 0. The van der Waals surface area contributed by atoms with E-state index in [0.29, 0.717) is 12.2 Å². The Morgan fingerprint density at radius 3 is 2.76 bits per heavy atom. The van der Waals surface area contributed by atoms with E-state index in [1.165, 1.54) is 12.1 Å². The van der Waals surface area contributed by atoms with Gasteiger partial charge in [-0.25, -0.2) is 0 Å². The van der Waals surface area contributed by atoms with Gasteiger partial charge in [0, 0.05) is 36.3 Å². The second kappa shape index (κ2) is 5.18. The maximum absolute atomic E-state index is 13.2. The van der Waals surface area contributed by atoms with Crippen molar-refractivity contribution in [3.8, 4) is 11.3 Å². The molecule has 0 spiro atoms. The number of hydrogen-bond acceptors (Lipinski definition) is 2. The van der Waals surface area contributed by atoms with Crippen LogP contribution in [0.2, 0.25) is 0 Å². The van der Waals surface area contributed by atoms with Gasteiger partial charge in [0.1, 0.15) is 0 Å². The number of aromatic nitrogens is 2. The van der Waals surface area contributed by atoms with Gasteiger partial charge < -0.3 is 0 Å². The predicted molar refractivity (Wildman–Crippen MR) is 73.7 cm³/mol. The molecule has 0 unspecified atom stereocenters. The first-order valence-electron chi connectivity index (χ1n) is 6.95. The Hall–Kier alpha value is -1.82. The van der Waals surface area contributed by atoms with Crippen molar-refractivity contribution < 1.29 is 13.2 Å². The van der Waals surface area contributed by atoms with Gasteiger partial charge in [0.05, 0.1) is 11.3 Å². The fourth-order valence-corrected chi connectivity index (χ4v) is 2.78. The fourth-order valence-electron chi connectivity index (χ4n) is 2.78. The highest BCUT2D eigenvalue weighted by Crippen LogP contribution is 2.38. The minimum atomic E-state index is -4.37. The van der Waals surface area contributed by atoms with Crippen molar-refractivity contribution in [3.05, 3.63) is 41.1 Å². The van der Waals surface area contributed by atoms with Crippen LogP contribution in [0, 0.1) is 0 Å². The lowest BCUT2D eigenvalue weighted by atomic mass is 9.97. The van der Waals surface area contributed by atoms with Crippen LogP contribution in [-0.2, 0) is 19.1 Å². The van der Waals surface area contributed by atoms with E-state index in [-0.39, 0.29) is 5.56 Å². The molecule has 0 amide bonds. The molecule has 1 aliphatic heterocycles. The zero-order valence-corrected chi connectivity index (χ0v) is 11.7. The normalized spacial score (nSPS) is 16.0. The van der Waals surface area contributed by atoms with Crippen molar-refractivity contribution in [1.82, 2.24) is 15.1 Å². The molecule has 1 aliphatic rings. The van der Waals surface area contributed by atoms with E-state index in [1.807, 2.05) is 0 Å². The van der Waals surface area contributed by atoms with Crippen LogP contribution in [-0.4, -0.2) is 28.2 Å². The van der Waals surface area contributed by atoms with Crippen LogP contribution in [0.15, 0.2) is 24.3 Å². The Balaban J connectivity index is 2.09. The van der Waals surface area contributed by atoms with Crippen LogP contribution < -0.4 is 0 Å². The SMILES string of the molecule is CCN1CCc2[nH]nc(-c3ccccc3C(F)(F)F)c2C1. The van der Waals surface area contributed by atoms with E-state index < -0.39 is 11.7 Å². The van der Waals surface area contributed by atoms with E-state index in [0.717, 1.165) is 36.8 Å². The summed E-state index contributed by atoms with van der Waals surface area (Å²) in [6.45, 7) is 4.48. The molecule has 3 nitrogen and oxygen atoms in total. The van der Waals surface area contributed by atoms with Crippen LogP contribution in [0.25, 0.3) is 11.3 Å². The standard InChI is InChI=1S/C15H16F3N3/c1-2-21-8-7-13-11(9-21)14(20-19-13)10-5-3-4-6-12(10)15(16,17)18/h3-6H,2,7-9H2,1H3,(H,19,20). The van der Waals surface area contributed by atoms with Crippen molar-refractivity contribution in [2.24, 2.45) is 0 Å². The van der Waals surface area contributed by atoms with Gasteiger partial charge in [0.15, 0.2) is 0 Å². The van der Waals surface area contributed by atoms with Crippen molar-refractivity contribution >= 4 is 0 Å². The first-order valence-corrected chi connectivity index (χ1v) is 6.95. The number of alkyl halides is 3. The first kappa shape index (κ1) is 14.1. The van der Waals surface area contributed by atoms with Crippen molar-refractivity contribution in [1.29, 1.82) is 0 Å². The molecule has 3 rings (SSSR count). The maximum Gasteiger partial charge on any atom is 0.417 e. The summed E-state index contributed by atoms with van der Waals surface area (Å²) in [5, 5.41) is 7.06. The number of nitrogens with one attached hydrogen (secondary N) is 1. The Morgan fingerprint density at radius 1 is 1.29 bits per heavy atom. The molecule has 1 aromatic heterocycles. The average Bonchev–Trinajstić information content (AvgIpc) is 2.89. The molecule has 2 heterocycles. The van der Waals surface area contributed by atoms with Gasteiger partial charge in [0.25, 0.3) is 0 Å². The van der Waals surface area contributed by atoms with Gasteiger partial charge >= 0.3 is 6.18 Å². The number of H-pyrrole nitrogens is 1. The lowest BCUT2D eigenvalue weighted by Gasteiger charge is -2.25. The Kier molecular flexibility index (Phi) is 3.49. The van der Waals surface area contributed by atoms with Crippen LogP contribution in [0.3, 0.4) is 0 Å². The summed E-state index contributed by atoms with van der Waals surface area (Å²) in [5.41, 5.74) is 1.79. The third kappa shape index (κ3) is 2.55. The summed E-state index contributed by atoms with van der Waals surface area (Å²) < 4.78 is 39.5. The minimum Gasteiger partial charge on any atom is -0.299 e. The summed E-state index contributed by atoms with van der Waals surface area (Å²) >= 11 is 0. The highest BCUT2D eigenvalue weighted by atomic mass is 19.4. The predicted octanol–water partition coefficient (Wildman–Crippen LogP) is 3.47. The van der Waals surface area contributed by atoms with E-state index in [1.54, 1.807) is 6.07 Å². The Bertz CT molecular complexity index is 646. The molecular weight excluding hydrogens is 279 g/mol. The molecule has 0 saturated carbocycles. The topological polar surface area (TPSA) is 31.9 Å². The molecule has 6 heteroatoms. The summed E-state index contributed by atoms with van der Waals surface area (Å²) in [6.07, 6.45) is -3.58. The van der Waals surface area contributed by atoms with E-state index in [2.05, 4.69) is 22.0 Å². The average molecular weight is 295 g/mol. The van der Waals surface area contributed by atoms with Gasteiger partial charge in [-0.15, -0.1) is 0 Å². The number of nitrogens with zero attached hydrogens (tertiary/aromatic N) is 2. The number of hydrogen-bond donors (Lipinski definition) is 1. The van der Waals surface area contributed by atoms with Crippen LogP contribution >= 0.6 is 0 Å². The van der Waals surface area contributed by atoms with Gasteiger partial charge in [-0.2, -0.15) is 18.3 Å². The summed E-state index contributed by atoms with van der Waals surface area (Å²) in [4.78, 5) is 2.21. The van der Waals surface area contributed by atoms with Crippen molar-refractivity contribution in [3.63, 3.8) is 0 Å². The number of aromatic amines is 1. The van der Waals surface area contributed by atoms with Gasteiger partial charge in [-0.1, -0.05) is 25.1 Å². The lowest BCUT2D eigenvalue weighted by molar-refractivity contribution is -0.137. The molecule has 1 N–H and O–H groups in total. The monoisotopic (exact) mass is 295 g/mol. The molecule has 0 saturated heterocycles. The second-order valence-corrected chi connectivity index (χ2v) is 5.19.